The van der Waals surface area contributed by atoms with Gasteiger partial charge in [-0.05, 0) is 66.5 Å². The van der Waals surface area contributed by atoms with Gasteiger partial charge in [0.05, 0.1) is 24.9 Å². The number of carbonyl (C=O) groups excluding carboxylic acids is 1. The first-order valence-electron chi connectivity index (χ1n) is 18.3. The number of rotatable bonds is 13. The monoisotopic (exact) mass is 773 g/mol. The van der Waals surface area contributed by atoms with Crippen molar-refractivity contribution in [2.45, 2.75) is 77.2 Å². The van der Waals surface area contributed by atoms with Crippen LogP contribution in [0.1, 0.15) is 67.9 Å². The van der Waals surface area contributed by atoms with Crippen LogP contribution < -0.4 is 24.8 Å². The molecule has 0 bridgehead atoms. The molecule has 284 valence electrons. The fourth-order valence-corrected chi connectivity index (χ4v) is 8.69. The zero-order valence-electron chi connectivity index (χ0n) is 30.9. The maximum atomic E-state index is 12.1. The zero-order valence-corrected chi connectivity index (χ0v) is 32.4. The van der Waals surface area contributed by atoms with Gasteiger partial charge < -0.3 is 30.0 Å². The number of aliphatic carboxylic acids is 1. The second kappa shape index (κ2) is 15.7. The van der Waals surface area contributed by atoms with E-state index in [4.69, 9.17) is 42.4 Å². The third-order valence-electron chi connectivity index (χ3n) is 10.9. The molecule has 2 aliphatic heterocycles. The lowest BCUT2D eigenvalue weighted by atomic mass is 9.85. The third-order valence-corrected chi connectivity index (χ3v) is 11.6. The molecular formula is C41H45Cl2N5O6. The molecule has 2 fully saturated rings. The molecule has 0 radical (unpaired) electrons. The molecular weight excluding hydrogens is 729 g/mol. The number of hydrogen-bond donors (Lipinski definition) is 3. The van der Waals surface area contributed by atoms with Crippen molar-refractivity contribution >= 4 is 35.1 Å². The topological polar surface area (TPSA) is 135 Å². The molecule has 0 unspecified atom stereocenters. The van der Waals surface area contributed by atoms with Gasteiger partial charge in [0, 0.05) is 54.4 Å². The van der Waals surface area contributed by atoms with E-state index in [0.29, 0.717) is 65.7 Å². The van der Waals surface area contributed by atoms with Crippen LogP contribution in [0.2, 0.25) is 10.0 Å². The lowest BCUT2D eigenvalue weighted by Gasteiger charge is -2.29. The number of nitrogens with one attached hydrogen (secondary N) is 2. The number of carbonyl (C=O) groups is 2. The van der Waals surface area contributed by atoms with E-state index < -0.39 is 12.0 Å². The number of pyridine rings is 2. The first-order valence-corrected chi connectivity index (χ1v) is 19.0. The predicted molar refractivity (Wildman–Crippen MR) is 207 cm³/mol. The SMILES string of the molecule is COc1nc(-c2cccc(-c3cccc4c3CC[C@@H]4Oc3nc(OC)c(CN4CCC(C)(C)[C@H]4C(=O)O)cc3Cl)c2Cl)ccc1CNC[C@@H]1CCC(=O)N1. The smallest absolute Gasteiger partial charge is 0.321 e. The van der Waals surface area contributed by atoms with Crippen LogP contribution in [0, 0.1) is 5.41 Å². The van der Waals surface area contributed by atoms with Gasteiger partial charge in [-0.25, -0.2) is 4.98 Å². The Labute approximate surface area is 325 Å². The predicted octanol–water partition coefficient (Wildman–Crippen LogP) is 7.25. The molecule has 3 atom stereocenters. The van der Waals surface area contributed by atoms with Crippen LogP contribution in [0.15, 0.2) is 54.6 Å². The molecule has 2 saturated heterocycles. The molecule has 2 aromatic heterocycles. The van der Waals surface area contributed by atoms with Gasteiger partial charge in [0.2, 0.25) is 23.5 Å². The van der Waals surface area contributed by atoms with Gasteiger partial charge in [-0.1, -0.05) is 79.5 Å². The largest absolute Gasteiger partial charge is 0.481 e. The fourth-order valence-electron chi connectivity index (χ4n) is 8.14. The van der Waals surface area contributed by atoms with Crippen molar-refractivity contribution in [2.75, 3.05) is 27.3 Å². The first-order chi connectivity index (χ1) is 26.0. The van der Waals surface area contributed by atoms with Crippen LogP contribution in [-0.4, -0.2) is 71.2 Å². The minimum absolute atomic E-state index is 0.0977. The summed E-state index contributed by atoms with van der Waals surface area (Å²) in [7, 11) is 3.15. The maximum absolute atomic E-state index is 12.1. The average Bonchev–Trinajstić information content (AvgIpc) is 3.85. The van der Waals surface area contributed by atoms with Crippen molar-refractivity contribution < 1.29 is 28.9 Å². The quantitative estimate of drug-likeness (QED) is 0.128. The molecule has 13 heteroatoms. The lowest BCUT2D eigenvalue weighted by Crippen LogP contribution is -2.42. The van der Waals surface area contributed by atoms with Gasteiger partial charge in [0.1, 0.15) is 17.2 Å². The minimum Gasteiger partial charge on any atom is -0.481 e. The van der Waals surface area contributed by atoms with Crippen LogP contribution >= 0.6 is 23.2 Å². The van der Waals surface area contributed by atoms with Crippen molar-refractivity contribution in [1.82, 2.24) is 25.5 Å². The Balaban J connectivity index is 1.09. The molecule has 2 aromatic carbocycles. The van der Waals surface area contributed by atoms with Gasteiger partial charge >= 0.3 is 5.97 Å². The highest BCUT2D eigenvalue weighted by atomic mass is 35.5. The standard InChI is InChI=1S/C41H45Cl2N5O6/c1-41(2)17-18-48(36(41)40(50)51)22-24-19-31(42)39(47-38(24)53-4)54-33-15-13-27-26(7-5-8-28(27)33)29-9-6-10-30(35(29)43)32-14-11-23(37(46-32)52-3)20-44-21-25-12-16-34(49)45-25/h5-11,14,19,25,33,36,44H,12-13,15-18,20-22H2,1-4H3,(H,45,49)(H,50,51)/t25-,33-,36+/m0/s1. The van der Waals surface area contributed by atoms with Gasteiger partial charge in [0.15, 0.2) is 0 Å². The minimum atomic E-state index is -0.841. The number of carboxylic acids is 1. The fraction of sp³-hybridized carbons (Fsp3) is 0.415. The van der Waals surface area contributed by atoms with E-state index in [1.54, 1.807) is 20.3 Å². The second-order valence-corrected chi connectivity index (χ2v) is 15.7. The Morgan fingerprint density at radius 1 is 0.963 bits per heavy atom. The van der Waals surface area contributed by atoms with Crippen molar-refractivity contribution in [3.8, 4) is 40.0 Å². The summed E-state index contributed by atoms with van der Waals surface area (Å²) in [4.78, 5) is 35.1. The highest BCUT2D eigenvalue weighted by molar-refractivity contribution is 6.36. The summed E-state index contributed by atoms with van der Waals surface area (Å²) < 4.78 is 17.8. The number of methoxy groups -OCH3 is 2. The molecule has 1 amide bonds. The molecule has 4 heterocycles. The number of benzene rings is 2. The van der Waals surface area contributed by atoms with Crippen LogP contribution in [0.25, 0.3) is 22.4 Å². The van der Waals surface area contributed by atoms with Crippen molar-refractivity contribution in [2.24, 2.45) is 5.41 Å². The highest BCUT2D eigenvalue weighted by Gasteiger charge is 2.45. The van der Waals surface area contributed by atoms with E-state index in [2.05, 4.69) is 27.8 Å². The number of nitrogens with zero attached hydrogens (tertiary/aromatic N) is 3. The summed E-state index contributed by atoms with van der Waals surface area (Å²) in [5.74, 6) is 0.388. The Hall–Kier alpha value is -4.42. The number of aromatic nitrogens is 2. The summed E-state index contributed by atoms with van der Waals surface area (Å²) in [5.41, 5.74) is 6.84. The number of fused-ring (bicyclic) bond motifs is 1. The van der Waals surface area contributed by atoms with Crippen LogP contribution in [0.4, 0.5) is 0 Å². The zero-order chi connectivity index (χ0) is 38.1. The van der Waals surface area contributed by atoms with Crippen molar-refractivity contribution in [3.63, 3.8) is 0 Å². The maximum Gasteiger partial charge on any atom is 0.321 e. The van der Waals surface area contributed by atoms with Crippen LogP contribution in [-0.2, 0) is 29.1 Å². The van der Waals surface area contributed by atoms with E-state index in [1.807, 2.05) is 55.1 Å². The van der Waals surface area contributed by atoms with E-state index in [-0.39, 0.29) is 29.3 Å². The molecule has 1 aliphatic carbocycles. The molecule has 4 aromatic rings. The molecule has 3 N–H and O–H groups in total. The number of carboxylic acid groups (broad SMARTS) is 1. The summed E-state index contributed by atoms with van der Waals surface area (Å²) in [6.07, 6.45) is 3.36. The molecule has 0 saturated carbocycles. The Morgan fingerprint density at radius 2 is 1.70 bits per heavy atom. The molecule has 54 heavy (non-hydrogen) atoms. The number of hydrogen-bond acceptors (Lipinski definition) is 9. The Morgan fingerprint density at radius 3 is 2.44 bits per heavy atom. The Kier molecular flexibility index (Phi) is 11.0. The van der Waals surface area contributed by atoms with Gasteiger partial charge in [0.25, 0.3) is 0 Å². The third kappa shape index (κ3) is 7.60. The second-order valence-electron chi connectivity index (χ2n) is 14.9. The van der Waals surface area contributed by atoms with Gasteiger partial charge in [-0.2, -0.15) is 4.98 Å². The van der Waals surface area contributed by atoms with E-state index in [1.165, 1.54) is 0 Å². The lowest BCUT2D eigenvalue weighted by molar-refractivity contribution is -0.145. The molecule has 11 nitrogen and oxygen atoms in total. The number of amides is 1. The number of halogens is 2. The molecule has 0 spiro atoms. The highest BCUT2D eigenvalue weighted by Crippen LogP contribution is 2.45. The van der Waals surface area contributed by atoms with Gasteiger partial charge in [-0.15, -0.1) is 0 Å². The van der Waals surface area contributed by atoms with E-state index in [9.17, 15) is 14.7 Å². The average molecular weight is 775 g/mol. The number of ether oxygens (including phenoxy) is 3. The van der Waals surface area contributed by atoms with E-state index in [0.717, 1.165) is 59.1 Å². The normalized spacial score (nSPS) is 20.5. The van der Waals surface area contributed by atoms with E-state index >= 15 is 0 Å². The van der Waals surface area contributed by atoms with Crippen molar-refractivity contribution in [1.29, 1.82) is 0 Å². The summed E-state index contributed by atoms with van der Waals surface area (Å²) in [5, 5.41) is 17.3. The summed E-state index contributed by atoms with van der Waals surface area (Å²) in [6.45, 7) is 6.19. The number of likely N-dealkylation sites (tertiary alicyclic amines) is 1. The van der Waals surface area contributed by atoms with Crippen molar-refractivity contribution in [3.05, 3.63) is 86.9 Å². The summed E-state index contributed by atoms with van der Waals surface area (Å²) in [6, 6.07) is 17.3. The van der Waals surface area contributed by atoms with Crippen LogP contribution in [0.3, 0.4) is 0 Å². The van der Waals surface area contributed by atoms with Crippen LogP contribution in [0.5, 0.6) is 17.6 Å². The molecule has 3 aliphatic rings. The first kappa shape index (κ1) is 37.9. The summed E-state index contributed by atoms with van der Waals surface area (Å²) >= 11 is 14.0. The van der Waals surface area contributed by atoms with Gasteiger partial charge in [-0.3, -0.25) is 14.5 Å². The Bertz CT molecular complexity index is 2080. The molecule has 7 rings (SSSR count).